The fourth-order valence-corrected chi connectivity index (χ4v) is 3.08. The van der Waals surface area contributed by atoms with Crippen LogP contribution in [-0.2, 0) is 19.0 Å². The van der Waals surface area contributed by atoms with Crippen molar-refractivity contribution in [1.29, 1.82) is 0 Å². The van der Waals surface area contributed by atoms with Gasteiger partial charge in [-0.3, -0.25) is 0 Å². The molecule has 0 bridgehead atoms. The average Bonchev–Trinajstić information content (AvgIpc) is 2.68. The van der Waals surface area contributed by atoms with E-state index in [1.807, 2.05) is 43.3 Å². The van der Waals surface area contributed by atoms with Crippen molar-refractivity contribution in [2.75, 3.05) is 10.6 Å². The smallest absolute Gasteiger partial charge is 0.340 e. The van der Waals surface area contributed by atoms with Crippen LogP contribution < -0.4 is 10.6 Å². The van der Waals surface area contributed by atoms with Crippen molar-refractivity contribution in [3.8, 4) is 0 Å². The number of nitrogens with one attached hydrogen (secondary N) is 2. The van der Waals surface area contributed by atoms with Gasteiger partial charge in [0.2, 0.25) is 5.95 Å². The number of nitrogens with zero attached hydrogens (tertiary/aromatic N) is 2. The first-order chi connectivity index (χ1) is 14.2. The van der Waals surface area contributed by atoms with Gasteiger partial charge in [0.05, 0.1) is 0 Å². The van der Waals surface area contributed by atoms with E-state index in [4.69, 9.17) is 0 Å². The molecule has 0 unspecified atom stereocenters. The molecule has 158 valence electrons. The molecule has 2 N–H and O–H groups in total. The minimum atomic E-state index is -4.57. The normalized spacial score (nSPS) is 11.6. The Hall–Kier alpha value is -3.09. The molecule has 0 atom stereocenters. The van der Waals surface area contributed by atoms with Crippen molar-refractivity contribution < 1.29 is 13.2 Å². The summed E-state index contributed by atoms with van der Waals surface area (Å²) in [6, 6.07) is 15.0. The van der Waals surface area contributed by atoms with Crippen LogP contribution in [-0.4, -0.2) is 9.97 Å². The van der Waals surface area contributed by atoms with Crippen LogP contribution >= 0.6 is 0 Å². The first-order valence-electron chi connectivity index (χ1n) is 9.90. The Kier molecular flexibility index (Phi) is 6.59. The van der Waals surface area contributed by atoms with Crippen LogP contribution in [0, 0.1) is 5.92 Å². The van der Waals surface area contributed by atoms with Crippen molar-refractivity contribution in [3.05, 3.63) is 71.4 Å². The minimum Gasteiger partial charge on any atom is -0.340 e. The lowest BCUT2D eigenvalue weighted by atomic mass is 10.0. The van der Waals surface area contributed by atoms with Gasteiger partial charge >= 0.3 is 6.18 Å². The number of aryl methyl sites for hydroxylation is 1. The Labute approximate surface area is 174 Å². The SMILES string of the molecule is CCc1cccc(Nc2nc(Nc3ccc(CC(C)C)cc3)ncc2C(F)(F)F)c1. The Morgan fingerprint density at radius 2 is 1.67 bits per heavy atom. The lowest BCUT2D eigenvalue weighted by Gasteiger charge is -2.15. The molecule has 3 rings (SSSR count). The van der Waals surface area contributed by atoms with Gasteiger partial charge in [-0.25, -0.2) is 4.98 Å². The number of anilines is 4. The van der Waals surface area contributed by atoms with Crippen molar-refractivity contribution in [2.24, 2.45) is 5.92 Å². The predicted octanol–water partition coefficient (Wildman–Crippen LogP) is 6.74. The Balaban J connectivity index is 1.86. The maximum absolute atomic E-state index is 13.5. The maximum Gasteiger partial charge on any atom is 0.421 e. The molecule has 0 saturated carbocycles. The predicted molar refractivity (Wildman–Crippen MR) is 114 cm³/mol. The van der Waals surface area contributed by atoms with E-state index in [-0.39, 0.29) is 11.8 Å². The highest BCUT2D eigenvalue weighted by Crippen LogP contribution is 2.35. The molecule has 0 radical (unpaired) electrons. The third-order valence-electron chi connectivity index (χ3n) is 4.55. The van der Waals surface area contributed by atoms with Crippen LogP contribution in [0.25, 0.3) is 0 Å². The van der Waals surface area contributed by atoms with Gasteiger partial charge in [-0.15, -0.1) is 0 Å². The average molecular weight is 414 g/mol. The molecular weight excluding hydrogens is 389 g/mol. The molecule has 7 heteroatoms. The van der Waals surface area contributed by atoms with Crippen LogP contribution in [0.1, 0.15) is 37.5 Å². The fraction of sp³-hybridized carbons (Fsp3) is 0.304. The molecule has 1 aromatic heterocycles. The number of benzene rings is 2. The van der Waals surface area contributed by atoms with Crippen LogP contribution in [0.3, 0.4) is 0 Å². The monoisotopic (exact) mass is 414 g/mol. The molecule has 0 amide bonds. The van der Waals surface area contributed by atoms with E-state index in [1.54, 1.807) is 12.1 Å². The van der Waals surface area contributed by atoms with Gasteiger partial charge in [-0.05, 0) is 54.2 Å². The molecule has 3 aromatic rings. The van der Waals surface area contributed by atoms with Crippen molar-refractivity contribution in [2.45, 2.75) is 39.8 Å². The van der Waals surface area contributed by atoms with Gasteiger partial charge < -0.3 is 10.6 Å². The molecule has 2 aromatic carbocycles. The summed E-state index contributed by atoms with van der Waals surface area (Å²) < 4.78 is 40.4. The molecular formula is C23H25F3N4. The van der Waals surface area contributed by atoms with Crippen LogP contribution in [0.15, 0.2) is 54.7 Å². The summed E-state index contributed by atoms with van der Waals surface area (Å²) in [5, 5.41) is 5.78. The largest absolute Gasteiger partial charge is 0.421 e. The molecule has 0 spiro atoms. The highest BCUT2D eigenvalue weighted by Gasteiger charge is 2.35. The zero-order chi connectivity index (χ0) is 21.7. The van der Waals surface area contributed by atoms with Crippen molar-refractivity contribution in [3.63, 3.8) is 0 Å². The van der Waals surface area contributed by atoms with Crippen molar-refractivity contribution in [1.82, 2.24) is 9.97 Å². The van der Waals surface area contributed by atoms with E-state index < -0.39 is 11.7 Å². The second-order valence-electron chi connectivity index (χ2n) is 7.55. The van der Waals surface area contributed by atoms with Gasteiger partial charge in [0.25, 0.3) is 0 Å². The van der Waals surface area contributed by atoms with Crippen LogP contribution in [0.5, 0.6) is 0 Å². The first-order valence-corrected chi connectivity index (χ1v) is 9.90. The molecule has 0 aliphatic heterocycles. The summed E-state index contributed by atoms with van der Waals surface area (Å²) in [6.07, 6.45) is -2.02. The number of aromatic nitrogens is 2. The molecule has 1 heterocycles. The summed E-state index contributed by atoms with van der Waals surface area (Å²) >= 11 is 0. The molecule has 0 aliphatic rings. The van der Waals surface area contributed by atoms with Crippen LogP contribution in [0.4, 0.5) is 36.3 Å². The Bertz CT molecular complexity index is 982. The van der Waals surface area contributed by atoms with Crippen molar-refractivity contribution >= 4 is 23.1 Å². The topological polar surface area (TPSA) is 49.8 Å². The Morgan fingerprint density at radius 3 is 2.30 bits per heavy atom. The van der Waals surface area contributed by atoms with Gasteiger partial charge in [-0.2, -0.15) is 18.2 Å². The maximum atomic E-state index is 13.5. The van der Waals surface area contributed by atoms with E-state index in [0.717, 1.165) is 24.6 Å². The van der Waals surface area contributed by atoms with E-state index >= 15 is 0 Å². The zero-order valence-corrected chi connectivity index (χ0v) is 17.2. The zero-order valence-electron chi connectivity index (χ0n) is 17.2. The molecule has 0 aliphatic carbocycles. The lowest BCUT2D eigenvalue weighted by molar-refractivity contribution is -0.137. The summed E-state index contributed by atoms with van der Waals surface area (Å²) in [6.45, 7) is 6.28. The molecule has 4 nitrogen and oxygen atoms in total. The van der Waals surface area contributed by atoms with E-state index in [0.29, 0.717) is 17.3 Å². The minimum absolute atomic E-state index is 0.0914. The molecule has 0 saturated heterocycles. The number of hydrogen-bond acceptors (Lipinski definition) is 4. The second-order valence-corrected chi connectivity index (χ2v) is 7.55. The summed E-state index contributed by atoms with van der Waals surface area (Å²) in [7, 11) is 0. The van der Waals surface area contributed by atoms with Gasteiger partial charge in [-0.1, -0.05) is 45.0 Å². The third kappa shape index (κ3) is 5.72. The number of rotatable bonds is 7. The number of halogens is 3. The molecule has 30 heavy (non-hydrogen) atoms. The van der Waals surface area contributed by atoms with E-state index in [9.17, 15) is 13.2 Å². The summed E-state index contributed by atoms with van der Waals surface area (Å²) in [5.41, 5.74) is 2.55. The van der Waals surface area contributed by atoms with Gasteiger partial charge in [0.15, 0.2) is 0 Å². The van der Waals surface area contributed by atoms with Crippen LogP contribution in [0.2, 0.25) is 0 Å². The first kappa shape index (κ1) is 21.6. The molecule has 0 fully saturated rings. The van der Waals surface area contributed by atoms with E-state index in [1.165, 1.54) is 5.56 Å². The van der Waals surface area contributed by atoms with Gasteiger partial charge in [0, 0.05) is 17.6 Å². The number of alkyl halides is 3. The second kappa shape index (κ2) is 9.15. The highest BCUT2D eigenvalue weighted by molar-refractivity contribution is 5.63. The number of hydrogen-bond donors (Lipinski definition) is 2. The summed E-state index contributed by atoms with van der Waals surface area (Å²) in [5.74, 6) is 0.348. The fourth-order valence-electron chi connectivity index (χ4n) is 3.08. The highest BCUT2D eigenvalue weighted by atomic mass is 19.4. The van der Waals surface area contributed by atoms with Gasteiger partial charge in [0.1, 0.15) is 11.4 Å². The van der Waals surface area contributed by atoms with E-state index in [2.05, 4.69) is 34.4 Å². The lowest BCUT2D eigenvalue weighted by Crippen LogP contribution is -2.12. The quantitative estimate of drug-likeness (QED) is 0.449. The Morgan fingerprint density at radius 1 is 0.933 bits per heavy atom. The standard InChI is InChI=1S/C23H25F3N4/c1-4-16-6-5-7-19(13-16)28-21-20(23(24,25)26)14-27-22(30-21)29-18-10-8-17(9-11-18)12-15(2)3/h5-11,13-15H,4,12H2,1-3H3,(H2,27,28,29,30). The summed E-state index contributed by atoms with van der Waals surface area (Å²) in [4.78, 5) is 7.97. The third-order valence-corrected chi connectivity index (χ3v) is 4.55.